The molecule has 0 saturated heterocycles. The predicted molar refractivity (Wildman–Crippen MR) is 100 cm³/mol. The summed E-state index contributed by atoms with van der Waals surface area (Å²) in [6.45, 7) is 1.79. The summed E-state index contributed by atoms with van der Waals surface area (Å²) in [5.41, 5.74) is 0.940. The molecule has 1 amide bonds. The molecule has 1 atom stereocenters. The molecule has 3 aromatic rings. The minimum Gasteiger partial charge on any atom is -0.465 e. The van der Waals surface area contributed by atoms with Gasteiger partial charge in [-0.15, -0.1) is 0 Å². The van der Waals surface area contributed by atoms with Gasteiger partial charge in [0.25, 0.3) is 5.56 Å². The highest BCUT2D eigenvalue weighted by Gasteiger charge is 2.15. The smallest absolute Gasteiger partial charge is 0.412 e. The van der Waals surface area contributed by atoms with Crippen LogP contribution < -0.4 is 15.8 Å². The van der Waals surface area contributed by atoms with E-state index in [0.29, 0.717) is 16.1 Å². The minimum atomic E-state index is -1.13. The molecule has 0 bridgehead atoms. The summed E-state index contributed by atoms with van der Waals surface area (Å²) in [6, 6.07) is 8.05. The Kier molecular flexibility index (Phi) is 4.77. The summed E-state index contributed by atoms with van der Waals surface area (Å²) in [5.74, 6) is 0.440. The fourth-order valence-electron chi connectivity index (χ4n) is 2.49. The van der Waals surface area contributed by atoms with Crippen LogP contribution in [0.4, 0.5) is 16.6 Å². The third-order valence-corrected chi connectivity index (χ3v) is 4.15. The van der Waals surface area contributed by atoms with E-state index in [4.69, 9.17) is 16.7 Å². The van der Waals surface area contributed by atoms with Crippen molar-refractivity contribution in [1.29, 1.82) is 0 Å². The maximum Gasteiger partial charge on any atom is 0.412 e. The third kappa shape index (κ3) is 3.60. The SMILES string of the molecule is C[C@H](Nc1nccc(N(C)C(=O)O)n1)c1cc2cc(Cl)ccc2[nH]c1=O. The number of H-pyrrole nitrogens is 1. The topological polar surface area (TPSA) is 111 Å². The highest BCUT2D eigenvalue weighted by molar-refractivity contribution is 6.31. The molecule has 0 radical (unpaired) electrons. The summed E-state index contributed by atoms with van der Waals surface area (Å²) >= 11 is 6.01. The van der Waals surface area contributed by atoms with Crippen molar-refractivity contribution >= 4 is 40.4 Å². The molecule has 26 heavy (non-hydrogen) atoms. The van der Waals surface area contributed by atoms with E-state index in [9.17, 15) is 9.59 Å². The number of hydrogen-bond acceptors (Lipinski definition) is 5. The number of hydrogen-bond donors (Lipinski definition) is 3. The number of carboxylic acid groups (broad SMARTS) is 1. The van der Waals surface area contributed by atoms with Crippen molar-refractivity contribution in [2.24, 2.45) is 0 Å². The van der Waals surface area contributed by atoms with E-state index in [0.717, 1.165) is 10.3 Å². The van der Waals surface area contributed by atoms with Crippen molar-refractivity contribution < 1.29 is 9.90 Å². The fraction of sp³-hybridized carbons (Fsp3) is 0.176. The van der Waals surface area contributed by atoms with Crippen molar-refractivity contribution in [2.45, 2.75) is 13.0 Å². The quantitative estimate of drug-likeness (QED) is 0.647. The largest absolute Gasteiger partial charge is 0.465 e. The lowest BCUT2D eigenvalue weighted by Gasteiger charge is -2.16. The van der Waals surface area contributed by atoms with Gasteiger partial charge in [0.05, 0.1) is 6.04 Å². The van der Waals surface area contributed by atoms with Crippen LogP contribution >= 0.6 is 11.6 Å². The Morgan fingerprint density at radius 2 is 2.12 bits per heavy atom. The van der Waals surface area contributed by atoms with Crippen LogP contribution in [0, 0.1) is 0 Å². The number of aromatic amines is 1. The normalized spacial score (nSPS) is 12.0. The van der Waals surface area contributed by atoms with Crippen LogP contribution in [0.5, 0.6) is 0 Å². The highest BCUT2D eigenvalue weighted by Crippen LogP contribution is 2.21. The molecule has 3 N–H and O–H groups in total. The molecule has 0 aliphatic rings. The Morgan fingerprint density at radius 1 is 1.35 bits per heavy atom. The number of nitrogens with one attached hydrogen (secondary N) is 2. The van der Waals surface area contributed by atoms with Crippen molar-refractivity contribution in [3.63, 3.8) is 0 Å². The van der Waals surface area contributed by atoms with Gasteiger partial charge in [-0.25, -0.2) is 9.78 Å². The number of aromatic nitrogens is 3. The van der Waals surface area contributed by atoms with Gasteiger partial charge in [-0.05, 0) is 37.3 Å². The summed E-state index contributed by atoms with van der Waals surface area (Å²) < 4.78 is 0. The van der Waals surface area contributed by atoms with Gasteiger partial charge in [-0.2, -0.15) is 4.98 Å². The van der Waals surface area contributed by atoms with Gasteiger partial charge in [-0.1, -0.05) is 11.6 Å². The number of amides is 1. The first-order valence-electron chi connectivity index (χ1n) is 7.74. The first kappa shape index (κ1) is 17.7. The van der Waals surface area contributed by atoms with Crippen molar-refractivity contribution in [2.75, 3.05) is 17.3 Å². The number of halogens is 1. The molecule has 1 aromatic carbocycles. The first-order valence-corrected chi connectivity index (χ1v) is 8.11. The van der Waals surface area contributed by atoms with Gasteiger partial charge in [0, 0.05) is 34.7 Å². The molecule has 0 aliphatic carbocycles. The van der Waals surface area contributed by atoms with Crippen LogP contribution in [0.1, 0.15) is 18.5 Å². The number of benzene rings is 1. The maximum atomic E-state index is 12.4. The zero-order chi connectivity index (χ0) is 18.8. The number of pyridine rings is 1. The Balaban J connectivity index is 1.91. The minimum absolute atomic E-state index is 0.216. The molecule has 0 spiro atoms. The fourth-order valence-corrected chi connectivity index (χ4v) is 2.67. The second kappa shape index (κ2) is 7.01. The molecular weight excluding hydrogens is 358 g/mol. The number of carbonyl (C=O) groups is 1. The Hall–Kier alpha value is -3.13. The molecule has 2 aromatic heterocycles. The second-order valence-corrected chi connectivity index (χ2v) is 6.17. The van der Waals surface area contributed by atoms with Gasteiger partial charge in [-0.3, -0.25) is 9.69 Å². The average molecular weight is 374 g/mol. The Morgan fingerprint density at radius 3 is 2.85 bits per heavy atom. The van der Waals surface area contributed by atoms with Crippen molar-refractivity contribution in [3.05, 3.63) is 57.5 Å². The third-order valence-electron chi connectivity index (χ3n) is 3.92. The number of anilines is 2. The van der Waals surface area contributed by atoms with Gasteiger partial charge < -0.3 is 15.4 Å². The molecule has 3 rings (SSSR count). The molecule has 2 heterocycles. The summed E-state index contributed by atoms with van der Waals surface area (Å²) in [5, 5.41) is 13.4. The van der Waals surface area contributed by atoms with Crippen molar-refractivity contribution in [1.82, 2.24) is 15.0 Å². The Labute approximate surface area is 153 Å². The molecular formula is C17H16ClN5O3. The predicted octanol–water partition coefficient (Wildman–Crippen LogP) is 3.26. The second-order valence-electron chi connectivity index (χ2n) is 5.73. The molecule has 0 saturated carbocycles. The molecule has 0 fully saturated rings. The summed E-state index contributed by atoms with van der Waals surface area (Å²) in [4.78, 5) is 35.4. The number of nitrogens with zero attached hydrogens (tertiary/aromatic N) is 3. The average Bonchev–Trinajstić information content (AvgIpc) is 2.60. The lowest BCUT2D eigenvalue weighted by Crippen LogP contribution is -2.25. The van der Waals surface area contributed by atoms with Crippen LogP contribution in [0.15, 0.2) is 41.3 Å². The van der Waals surface area contributed by atoms with E-state index < -0.39 is 12.1 Å². The monoisotopic (exact) mass is 373 g/mol. The van der Waals surface area contributed by atoms with E-state index >= 15 is 0 Å². The summed E-state index contributed by atoms with van der Waals surface area (Å²) in [7, 11) is 1.38. The standard InChI is InChI=1S/C17H16ClN5O3/c1-9(20-16-19-6-5-14(22-16)23(2)17(25)26)12-8-10-7-11(18)3-4-13(10)21-15(12)24/h3-9H,1-2H3,(H,21,24)(H,25,26)(H,19,20,22)/t9-/m0/s1. The van der Waals surface area contributed by atoms with E-state index in [1.54, 1.807) is 31.2 Å². The van der Waals surface area contributed by atoms with Crippen LogP contribution in [0.3, 0.4) is 0 Å². The zero-order valence-electron chi connectivity index (χ0n) is 14.0. The van der Waals surface area contributed by atoms with Crippen LogP contribution in [0.2, 0.25) is 5.02 Å². The van der Waals surface area contributed by atoms with E-state index in [-0.39, 0.29) is 17.3 Å². The maximum absolute atomic E-state index is 12.4. The van der Waals surface area contributed by atoms with Crippen LogP contribution in [-0.4, -0.2) is 33.2 Å². The van der Waals surface area contributed by atoms with Crippen molar-refractivity contribution in [3.8, 4) is 0 Å². The van der Waals surface area contributed by atoms with E-state index in [2.05, 4.69) is 20.3 Å². The van der Waals surface area contributed by atoms with Gasteiger partial charge in [0.15, 0.2) is 0 Å². The van der Waals surface area contributed by atoms with Crippen LogP contribution in [0.25, 0.3) is 10.9 Å². The molecule has 134 valence electrons. The van der Waals surface area contributed by atoms with E-state index in [1.807, 2.05) is 0 Å². The Bertz CT molecular complexity index is 1040. The van der Waals surface area contributed by atoms with E-state index in [1.165, 1.54) is 19.3 Å². The number of rotatable bonds is 4. The van der Waals surface area contributed by atoms with Gasteiger partial charge in [0.1, 0.15) is 5.82 Å². The molecule has 0 unspecified atom stereocenters. The first-order chi connectivity index (χ1) is 12.3. The molecule has 9 heteroatoms. The lowest BCUT2D eigenvalue weighted by atomic mass is 10.1. The molecule has 8 nitrogen and oxygen atoms in total. The summed E-state index contributed by atoms with van der Waals surface area (Å²) in [6.07, 6.45) is 0.312. The number of fused-ring (bicyclic) bond motifs is 1. The van der Waals surface area contributed by atoms with Crippen LogP contribution in [-0.2, 0) is 0 Å². The molecule has 0 aliphatic heterocycles. The zero-order valence-corrected chi connectivity index (χ0v) is 14.8. The highest BCUT2D eigenvalue weighted by atomic mass is 35.5. The van der Waals surface area contributed by atoms with Gasteiger partial charge in [0.2, 0.25) is 5.95 Å². The van der Waals surface area contributed by atoms with Gasteiger partial charge >= 0.3 is 6.09 Å². The lowest BCUT2D eigenvalue weighted by molar-refractivity contribution is 0.203.